The third-order valence-electron chi connectivity index (χ3n) is 3.12. The molecule has 3 heterocycles. The Balaban J connectivity index is 2.11. The molecular weight excluding hydrogens is 255 g/mol. The van der Waals surface area contributed by atoms with E-state index in [0.717, 1.165) is 16.9 Å². The van der Waals surface area contributed by atoms with Crippen molar-refractivity contribution in [1.29, 1.82) is 0 Å². The molecule has 0 aliphatic carbocycles. The quantitative estimate of drug-likeness (QED) is 0.682. The van der Waals surface area contributed by atoms with Crippen molar-refractivity contribution in [3.8, 4) is 11.1 Å². The van der Waals surface area contributed by atoms with Gasteiger partial charge in [-0.3, -0.25) is 4.98 Å². The highest BCUT2D eigenvalue weighted by Crippen LogP contribution is 2.23. The summed E-state index contributed by atoms with van der Waals surface area (Å²) in [5.74, 6) is -0.363. The van der Waals surface area contributed by atoms with Gasteiger partial charge in [0.2, 0.25) is 0 Å². The first-order chi connectivity index (χ1) is 9.43. The lowest BCUT2D eigenvalue weighted by Crippen LogP contribution is -2.11. The van der Waals surface area contributed by atoms with Crippen LogP contribution in [0.1, 0.15) is 26.5 Å². The summed E-state index contributed by atoms with van der Waals surface area (Å²) in [5.41, 5.74) is 3.19. The summed E-state index contributed by atoms with van der Waals surface area (Å²) < 4.78 is 14.9. The number of pyridine rings is 1. The molecular formula is C15H15FN4. The molecule has 0 N–H and O–H groups in total. The second-order valence-corrected chi connectivity index (χ2v) is 5.82. The number of nitrogens with zero attached hydrogens (tertiary/aromatic N) is 4. The first kappa shape index (κ1) is 12.7. The van der Waals surface area contributed by atoms with Crippen molar-refractivity contribution in [2.75, 3.05) is 0 Å². The summed E-state index contributed by atoms with van der Waals surface area (Å²) in [6.07, 6.45) is 6.34. The fraction of sp³-hybridized carbons (Fsp3) is 0.267. The van der Waals surface area contributed by atoms with E-state index in [0.29, 0.717) is 5.56 Å². The summed E-state index contributed by atoms with van der Waals surface area (Å²) in [6.45, 7) is 6.31. The molecule has 3 aromatic rings. The van der Waals surface area contributed by atoms with Crippen LogP contribution in [0.2, 0.25) is 0 Å². The normalized spacial score (nSPS) is 12.0. The number of fused-ring (bicyclic) bond motifs is 1. The molecule has 0 amide bonds. The third-order valence-corrected chi connectivity index (χ3v) is 3.12. The fourth-order valence-electron chi connectivity index (χ4n) is 1.96. The third kappa shape index (κ3) is 2.27. The van der Waals surface area contributed by atoms with Crippen molar-refractivity contribution in [1.82, 2.24) is 19.6 Å². The van der Waals surface area contributed by atoms with Gasteiger partial charge in [0.25, 0.3) is 0 Å². The van der Waals surface area contributed by atoms with Gasteiger partial charge >= 0.3 is 0 Å². The predicted octanol–water partition coefficient (Wildman–Crippen LogP) is 3.23. The van der Waals surface area contributed by atoms with E-state index in [1.54, 1.807) is 16.9 Å². The highest BCUT2D eigenvalue weighted by molar-refractivity contribution is 5.62. The lowest BCUT2D eigenvalue weighted by molar-refractivity contribution is 0.562. The van der Waals surface area contributed by atoms with E-state index in [9.17, 15) is 4.39 Å². The van der Waals surface area contributed by atoms with Gasteiger partial charge in [0.15, 0.2) is 5.65 Å². The molecule has 0 bridgehead atoms. The van der Waals surface area contributed by atoms with Gasteiger partial charge in [-0.1, -0.05) is 20.8 Å². The molecule has 0 saturated carbocycles. The maximum Gasteiger partial charge on any atom is 0.155 e. The van der Waals surface area contributed by atoms with Crippen molar-refractivity contribution in [3.63, 3.8) is 0 Å². The van der Waals surface area contributed by atoms with Crippen LogP contribution in [0, 0.1) is 5.82 Å². The summed E-state index contributed by atoms with van der Waals surface area (Å²) in [6, 6.07) is 3.40. The second-order valence-electron chi connectivity index (χ2n) is 5.82. The monoisotopic (exact) mass is 270 g/mol. The molecule has 0 radical (unpaired) electrons. The zero-order chi connectivity index (χ0) is 14.3. The molecule has 0 spiro atoms. The highest BCUT2D eigenvalue weighted by atomic mass is 19.1. The molecule has 4 nitrogen and oxygen atoms in total. The van der Waals surface area contributed by atoms with Gasteiger partial charge in [-0.15, -0.1) is 0 Å². The number of hydrogen-bond donors (Lipinski definition) is 0. The summed E-state index contributed by atoms with van der Waals surface area (Å²) in [4.78, 5) is 8.22. The van der Waals surface area contributed by atoms with Crippen LogP contribution < -0.4 is 0 Å². The van der Waals surface area contributed by atoms with E-state index in [-0.39, 0.29) is 11.2 Å². The molecule has 5 heteroatoms. The smallest absolute Gasteiger partial charge is 0.155 e. The van der Waals surface area contributed by atoms with Crippen molar-refractivity contribution >= 4 is 5.65 Å². The Labute approximate surface area is 116 Å². The van der Waals surface area contributed by atoms with Gasteiger partial charge in [-0.05, 0) is 6.07 Å². The molecule has 3 aromatic heterocycles. The minimum atomic E-state index is -0.363. The van der Waals surface area contributed by atoms with Gasteiger partial charge in [-0.25, -0.2) is 13.9 Å². The summed E-state index contributed by atoms with van der Waals surface area (Å²) >= 11 is 0. The molecule has 3 rings (SSSR count). The molecule has 0 aromatic carbocycles. The standard InChI is InChI=1S/C15H15FN4/c1-15(2,3)13-5-14-18-7-11(9-20(14)19-13)10-4-12(16)8-17-6-10/h4-9H,1-3H3. The molecule has 0 atom stereocenters. The maximum absolute atomic E-state index is 13.2. The van der Waals surface area contributed by atoms with Crippen molar-refractivity contribution in [3.05, 3.63) is 48.4 Å². The summed E-state index contributed by atoms with van der Waals surface area (Å²) in [7, 11) is 0. The number of aromatic nitrogens is 4. The Hall–Kier alpha value is -2.30. The van der Waals surface area contributed by atoms with E-state index < -0.39 is 0 Å². The topological polar surface area (TPSA) is 43.1 Å². The van der Waals surface area contributed by atoms with E-state index in [4.69, 9.17) is 0 Å². The van der Waals surface area contributed by atoms with Crippen LogP contribution >= 0.6 is 0 Å². The Morgan fingerprint density at radius 3 is 2.55 bits per heavy atom. The van der Waals surface area contributed by atoms with Crippen LogP contribution in [0.4, 0.5) is 4.39 Å². The number of halogens is 1. The first-order valence-electron chi connectivity index (χ1n) is 6.40. The Bertz CT molecular complexity index is 771. The van der Waals surface area contributed by atoms with Crippen LogP contribution in [-0.2, 0) is 5.41 Å². The van der Waals surface area contributed by atoms with Gasteiger partial charge in [0.1, 0.15) is 5.82 Å². The molecule has 102 valence electrons. The van der Waals surface area contributed by atoms with Crippen LogP contribution in [0.5, 0.6) is 0 Å². The van der Waals surface area contributed by atoms with Gasteiger partial charge in [0.05, 0.1) is 11.9 Å². The minimum absolute atomic E-state index is 0.0335. The SMILES string of the molecule is CC(C)(C)c1cc2ncc(-c3cncc(F)c3)cn2n1. The number of hydrogen-bond acceptors (Lipinski definition) is 3. The Kier molecular flexibility index (Phi) is 2.78. The Morgan fingerprint density at radius 1 is 1.05 bits per heavy atom. The maximum atomic E-state index is 13.2. The molecule has 0 aliphatic heterocycles. The van der Waals surface area contributed by atoms with E-state index >= 15 is 0 Å². The first-order valence-corrected chi connectivity index (χ1v) is 6.40. The molecule has 0 fully saturated rings. The zero-order valence-electron chi connectivity index (χ0n) is 11.6. The largest absolute Gasteiger partial charge is 0.261 e. The second kappa shape index (κ2) is 4.37. The molecule has 0 unspecified atom stereocenters. The minimum Gasteiger partial charge on any atom is -0.261 e. The zero-order valence-corrected chi connectivity index (χ0v) is 11.6. The average molecular weight is 270 g/mol. The van der Waals surface area contributed by atoms with Gasteiger partial charge < -0.3 is 0 Å². The molecule has 0 aliphatic rings. The highest BCUT2D eigenvalue weighted by Gasteiger charge is 2.18. The van der Waals surface area contributed by atoms with Gasteiger partial charge in [-0.2, -0.15) is 5.10 Å². The van der Waals surface area contributed by atoms with Crippen LogP contribution in [0.15, 0.2) is 36.9 Å². The van der Waals surface area contributed by atoms with Crippen molar-refractivity contribution in [2.24, 2.45) is 0 Å². The van der Waals surface area contributed by atoms with Crippen molar-refractivity contribution in [2.45, 2.75) is 26.2 Å². The lowest BCUT2D eigenvalue weighted by Gasteiger charge is -2.13. The van der Waals surface area contributed by atoms with E-state index in [1.165, 1.54) is 12.3 Å². The average Bonchev–Trinajstić information content (AvgIpc) is 2.81. The predicted molar refractivity (Wildman–Crippen MR) is 74.9 cm³/mol. The number of rotatable bonds is 1. The van der Waals surface area contributed by atoms with Crippen LogP contribution in [-0.4, -0.2) is 19.6 Å². The molecule has 0 saturated heterocycles. The van der Waals surface area contributed by atoms with Gasteiger partial charge in [0, 0.05) is 41.2 Å². The van der Waals surface area contributed by atoms with E-state index in [2.05, 4.69) is 35.8 Å². The van der Waals surface area contributed by atoms with Crippen molar-refractivity contribution < 1.29 is 4.39 Å². The van der Waals surface area contributed by atoms with Crippen LogP contribution in [0.25, 0.3) is 16.8 Å². The molecule has 20 heavy (non-hydrogen) atoms. The lowest BCUT2D eigenvalue weighted by atomic mass is 9.93. The fourth-order valence-corrected chi connectivity index (χ4v) is 1.96. The summed E-state index contributed by atoms with van der Waals surface area (Å²) in [5, 5.41) is 4.53. The van der Waals surface area contributed by atoms with E-state index in [1.807, 2.05) is 12.3 Å². The Morgan fingerprint density at radius 2 is 1.85 bits per heavy atom. The van der Waals surface area contributed by atoms with Crippen LogP contribution in [0.3, 0.4) is 0 Å².